The molecular weight excluding hydrogens is 797 g/mol. The standard InChI is InChI=1S/C27H76O12Si10/c1-40(2,3)31-42(6,7)33-44(10,11)35-46(14,15)37-48(18,19)39-49(20,21)38-47(16,17)36-45(12,13)34-43(8,9)32-41(4,5)24-22-23-30-26-27(29)25-28/h27-29H,22-26H2,1-21H3. The Morgan fingerprint density at radius 3 is 0.939 bits per heavy atom. The Kier molecular flexibility index (Phi) is 19.2. The summed E-state index contributed by atoms with van der Waals surface area (Å²) in [5, 5.41) is 18.4. The van der Waals surface area contributed by atoms with Crippen molar-refractivity contribution in [2.75, 3.05) is 19.8 Å². The summed E-state index contributed by atoms with van der Waals surface area (Å²) in [6.07, 6.45) is -0.0163. The zero-order valence-electron chi connectivity index (χ0n) is 35.1. The Balaban J connectivity index is 5.34. The number of hydrogen-bond acceptors (Lipinski definition) is 12. The molecule has 0 rings (SSSR count). The highest BCUT2D eigenvalue weighted by Crippen LogP contribution is 2.31. The van der Waals surface area contributed by atoms with Crippen LogP contribution < -0.4 is 0 Å². The summed E-state index contributed by atoms with van der Waals surface area (Å²) in [6.45, 7) is 44.4. The first-order valence-corrected chi connectivity index (χ1v) is 46.6. The molecule has 0 aliphatic carbocycles. The minimum Gasteiger partial charge on any atom is -0.437 e. The second-order valence-corrected chi connectivity index (χ2v) is 56.0. The summed E-state index contributed by atoms with van der Waals surface area (Å²) < 4.78 is 65.7. The Morgan fingerprint density at radius 2 is 0.673 bits per heavy atom. The number of hydrogen-bond donors (Lipinski definition) is 2. The van der Waals surface area contributed by atoms with Gasteiger partial charge in [-0.05, 0) is 150 Å². The number of ether oxygens (including phenoxy) is 1. The zero-order chi connectivity index (χ0) is 39.2. The van der Waals surface area contributed by atoms with Gasteiger partial charge in [0.25, 0.3) is 0 Å². The van der Waals surface area contributed by atoms with Crippen molar-refractivity contribution in [3.05, 3.63) is 0 Å². The quantitative estimate of drug-likeness (QED) is 0.0694. The SMILES string of the molecule is C[Si](C)(C)O[Si](C)(C)O[Si](C)(C)O[Si](C)(C)O[Si](C)(C)O[Si](C)(C)O[Si](C)(C)O[Si](C)(C)O[Si](C)(C)O[Si](C)(C)CCCOCC(O)CO. The van der Waals surface area contributed by atoms with Crippen LogP contribution in [0.15, 0.2) is 0 Å². The van der Waals surface area contributed by atoms with Gasteiger partial charge in [-0.2, -0.15) is 0 Å². The van der Waals surface area contributed by atoms with E-state index in [1.807, 2.05) is 0 Å². The molecule has 0 aromatic rings. The molecule has 296 valence electrons. The van der Waals surface area contributed by atoms with E-state index in [-0.39, 0.29) is 13.2 Å². The Labute approximate surface area is 311 Å². The molecule has 0 saturated heterocycles. The fourth-order valence-electron chi connectivity index (χ4n) is 6.64. The van der Waals surface area contributed by atoms with Crippen molar-refractivity contribution < 1.29 is 52.0 Å². The summed E-state index contributed by atoms with van der Waals surface area (Å²) >= 11 is 0. The lowest BCUT2D eigenvalue weighted by molar-refractivity contribution is 0.00638. The van der Waals surface area contributed by atoms with Crippen molar-refractivity contribution in [3.63, 3.8) is 0 Å². The molecule has 0 aromatic heterocycles. The smallest absolute Gasteiger partial charge is 0.314 e. The maximum atomic E-state index is 9.47. The summed E-state index contributed by atoms with van der Waals surface area (Å²) in [6, 6.07) is 0.900. The van der Waals surface area contributed by atoms with Gasteiger partial charge in [-0.3, -0.25) is 0 Å². The zero-order valence-corrected chi connectivity index (χ0v) is 45.1. The van der Waals surface area contributed by atoms with Crippen LogP contribution >= 0.6 is 0 Å². The predicted molar refractivity (Wildman–Crippen MR) is 224 cm³/mol. The summed E-state index contributed by atoms with van der Waals surface area (Å²) in [5.41, 5.74) is 0. The number of rotatable bonds is 25. The molecule has 1 atom stereocenters. The van der Waals surface area contributed by atoms with E-state index in [1.54, 1.807) is 0 Å². The first kappa shape index (κ1) is 50.7. The van der Waals surface area contributed by atoms with Gasteiger partial charge in [-0.25, -0.2) is 0 Å². The molecule has 0 bridgehead atoms. The molecule has 0 radical (unpaired) electrons. The van der Waals surface area contributed by atoms with Crippen LogP contribution in [0.4, 0.5) is 0 Å². The normalized spacial score (nSPS) is 16.0. The van der Waals surface area contributed by atoms with Gasteiger partial charge in [0.1, 0.15) is 6.10 Å². The van der Waals surface area contributed by atoms with Crippen LogP contribution in [0.1, 0.15) is 6.42 Å². The van der Waals surface area contributed by atoms with Crippen LogP contribution in [0.3, 0.4) is 0 Å². The molecule has 0 saturated carbocycles. The van der Waals surface area contributed by atoms with Crippen molar-refractivity contribution in [2.45, 2.75) is 156 Å². The second kappa shape index (κ2) is 18.5. The van der Waals surface area contributed by atoms with Crippen LogP contribution in [-0.2, 0) is 41.8 Å². The van der Waals surface area contributed by atoms with E-state index in [2.05, 4.69) is 137 Å². The summed E-state index contributed by atoms with van der Waals surface area (Å²) in [5.74, 6) is 0. The van der Waals surface area contributed by atoms with Crippen molar-refractivity contribution in [1.82, 2.24) is 0 Å². The third-order valence-electron chi connectivity index (χ3n) is 6.10. The van der Waals surface area contributed by atoms with Gasteiger partial charge in [-0.1, -0.05) is 0 Å². The van der Waals surface area contributed by atoms with E-state index in [1.165, 1.54) is 0 Å². The second-order valence-electron chi connectivity index (χ2n) is 18.0. The van der Waals surface area contributed by atoms with E-state index >= 15 is 0 Å². The molecule has 0 amide bonds. The Hall–Kier alpha value is 1.69. The molecule has 1 unspecified atom stereocenters. The van der Waals surface area contributed by atoms with E-state index in [4.69, 9.17) is 46.9 Å². The molecule has 0 fully saturated rings. The lowest BCUT2D eigenvalue weighted by Crippen LogP contribution is -2.62. The van der Waals surface area contributed by atoms with Crippen molar-refractivity contribution in [2.24, 2.45) is 0 Å². The number of aliphatic hydroxyl groups excluding tert-OH is 2. The average Bonchev–Trinajstić information content (AvgIpc) is 2.69. The maximum absolute atomic E-state index is 9.47. The summed E-state index contributed by atoms with van der Waals surface area (Å²) in [7, 11) is -24.6. The predicted octanol–water partition coefficient (Wildman–Crippen LogP) is 7.55. The Morgan fingerprint density at radius 1 is 0.408 bits per heavy atom. The summed E-state index contributed by atoms with van der Waals surface area (Å²) in [4.78, 5) is 0. The van der Waals surface area contributed by atoms with Crippen LogP contribution in [0.25, 0.3) is 0 Å². The van der Waals surface area contributed by atoms with Gasteiger partial charge >= 0.3 is 68.5 Å². The van der Waals surface area contributed by atoms with Crippen LogP contribution in [-0.4, -0.2) is 121 Å². The maximum Gasteiger partial charge on any atom is 0.314 e. The minimum absolute atomic E-state index is 0.136. The van der Waals surface area contributed by atoms with Crippen LogP contribution in [0, 0.1) is 0 Å². The highest BCUT2D eigenvalue weighted by molar-refractivity contribution is 6.93. The van der Waals surface area contributed by atoms with Gasteiger partial charge in [-0.15, -0.1) is 0 Å². The molecule has 0 aromatic carbocycles. The fourth-order valence-corrected chi connectivity index (χ4v) is 56.7. The topological polar surface area (TPSA) is 133 Å². The van der Waals surface area contributed by atoms with Gasteiger partial charge in [0, 0.05) is 6.61 Å². The largest absolute Gasteiger partial charge is 0.437 e. The van der Waals surface area contributed by atoms with E-state index in [0.29, 0.717) is 6.61 Å². The highest BCUT2D eigenvalue weighted by Gasteiger charge is 2.50. The molecule has 0 aliphatic heterocycles. The lowest BCUT2D eigenvalue weighted by atomic mass is 10.4. The van der Waals surface area contributed by atoms with Gasteiger partial charge in [0.2, 0.25) is 0 Å². The third kappa shape index (κ3) is 25.4. The van der Waals surface area contributed by atoms with Crippen LogP contribution in [0.5, 0.6) is 0 Å². The Bertz CT molecular complexity index is 1010. The van der Waals surface area contributed by atoms with Crippen molar-refractivity contribution in [1.29, 1.82) is 0 Å². The average molecular weight is 874 g/mol. The molecule has 0 spiro atoms. The van der Waals surface area contributed by atoms with Crippen molar-refractivity contribution in [3.8, 4) is 0 Å². The monoisotopic (exact) mass is 872 g/mol. The first-order valence-electron chi connectivity index (χ1n) is 17.5. The molecule has 49 heavy (non-hydrogen) atoms. The van der Waals surface area contributed by atoms with Crippen LogP contribution in [0.2, 0.25) is 144 Å². The molecule has 2 N–H and O–H groups in total. The van der Waals surface area contributed by atoms with Gasteiger partial charge in [0.05, 0.1) is 13.2 Å². The van der Waals surface area contributed by atoms with Gasteiger partial charge < -0.3 is 52.0 Å². The fraction of sp³-hybridized carbons (Fsp3) is 1.00. The third-order valence-corrected chi connectivity index (χ3v) is 43.8. The molecule has 12 nitrogen and oxygen atoms in total. The molecule has 0 aliphatic rings. The molecule has 0 heterocycles. The van der Waals surface area contributed by atoms with E-state index < -0.39 is 91.2 Å². The lowest BCUT2D eigenvalue weighted by Gasteiger charge is -2.44. The highest BCUT2D eigenvalue weighted by atomic mass is 28.5. The van der Waals surface area contributed by atoms with Gasteiger partial charge in [0.15, 0.2) is 16.6 Å². The van der Waals surface area contributed by atoms with Crippen molar-refractivity contribution >= 4 is 85.1 Å². The first-order chi connectivity index (χ1) is 21.3. The minimum atomic E-state index is -2.70. The molecular formula is C27H76O12Si10. The van der Waals surface area contributed by atoms with E-state index in [0.717, 1.165) is 12.5 Å². The van der Waals surface area contributed by atoms with E-state index in [9.17, 15) is 5.11 Å². The number of aliphatic hydroxyl groups is 2. The molecule has 22 heteroatoms.